The maximum Gasteiger partial charge on any atom is 0.150 e. The van der Waals surface area contributed by atoms with Gasteiger partial charge in [-0.2, -0.15) is 0 Å². The molecule has 0 aliphatic rings. The van der Waals surface area contributed by atoms with Gasteiger partial charge in [-0.05, 0) is 5.92 Å². The first-order valence-electron chi connectivity index (χ1n) is 5.54. The number of nitrogens with one attached hydrogen (secondary N) is 1. The van der Waals surface area contributed by atoms with Crippen LogP contribution in [0.1, 0.15) is 20.3 Å². The van der Waals surface area contributed by atoms with Crippen molar-refractivity contribution in [3.63, 3.8) is 0 Å². The van der Waals surface area contributed by atoms with Gasteiger partial charge in [-0.1, -0.05) is 25.4 Å². The van der Waals surface area contributed by atoms with Gasteiger partial charge in [0.15, 0.2) is 5.82 Å². The molecule has 0 saturated carbocycles. The fourth-order valence-corrected chi connectivity index (χ4v) is 1.74. The summed E-state index contributed by atoms with van der Waals surface area (Å²) >= 11 is 6.07. The third-order valence-electron chi connectivity index (χ3n) is 2.18. The van der Waals surface area contributed by atoms with Gasteiger partial charge in [0.2, 0.25) is 0 Å². The molecule has 1 aromatic heterocycles. The van der Waals surface area contributed by atoms with E-state index in [0.717, 1.165) is 6.54 Å². The summed E-state index contributed by atoms with van der Waals surface area (Å²) in [5.41, 5.74) is 5.38. The quantitative estimate of drug-likeness (QED) is 0.601. The number of amidine groups is 1. The molecule has 0 spiro atoms. The van der Waals surface area contributed by atoms with Gasteiger partial charge in [-0.25, -0.2) is 9.97 Å². The summed E-state index contributed by atoms with van der Waals surface area (Å²) in [4.78, 5) is 10.1. The van der Waals surface area contributed by atoms with Crippen LogP contribution in [-0.4, -0.2) is 28.9 Å². The average molecular weight is 256 g/mol. The first kappa shape index (κ1) is 13.7. The monoisotopic (exact) mass is 255 g/mol. The summed E-state index contributed by atoms with van der Waals surface area (Å²) in [6.07, 6.45) is 3.56. The van der Waals surface area contributed by atoms with E-state index in [1.54, 1.807) is 6.20 Å². The van der Waals surface area contributed by atoms with Crippen molar-refractivity contribution < 1.29 is 0 Å². The minimum absolute atomic E-state index is 0.170. The molecule has 0 bridgehead atoms. The van der Waals surface area contributed by atoms with Crippen molar-refractivity contribution in [3.05, 3.63) is 17.5 Å². The molecule has 0 aliphatic carbocycles. The zero-order chi connectivity index (χ0) is 12.8. The molecule has 5 nitrogen and oxygen atoms in total. The molecule has 0 unspecified atom stereocenters. The van der Waals surface area contributed by atoms with Gasteiger partial charge in [0.25, 0.3) is 0 Å². The predicted octanol–water partition coefficient (Wildman–Crippen LogP) is 1.92. The summed E-state index contributed by atoms with van der Waals surface area (Å²) in [6, 6.07) is 0. The van der Waals surface area contributed by atoms with Crippen molar-refractivity contribution in [2.75, 3.05) is 18.0 Å². The highest BCUT2D eigenvalue weighted by Crippen LogP contribution is 2.22. The molecule has 0 aromatic carbocycles. The van der Waals surface area contributed by atoms with Crippen LogP contribution in [0.25, 0.3) is 0 Å². The Kier molecular flexibility index (Phi) is 5.15. The standard InChI is InChI=1S/C11H18ClN5/c1-8(2)6-17(4-3-10(13)14)11-9(12)5-15-7-16-11/h5,7-8H,3-4,6H2,1-2H3,(H3,13,14). The Morgan fingerprint density at radius 3 is 2.82 bits per heavy atom. The smallest absolute Gasteiger partial charge is 0.150 e. The molecule has 17 heavy (non-hydrogen) atoms. The molecule has 3 N–H and O–H groups in total. The SMILES string of the molecule is CC(C)CN(CCC(=N)N)c1ncncc1Cl. The highest BCUT2D eigenvalue weighted by Gasteiger charge is 2.13. The van der Waals surface area contributed by atoms with Crippen molar-refractivity contribution in [1.82, 2.24) is 9.97 Å². The van der Waals surface area contributed by atoms with Crippen LogP contribution in [0, 0.1) is 11.3 Å². The van der Waals surface area contributed by atoms with Gasteiger partial charge in [-0.3, -0.25) is 5.41 Å². The van der Waals surface area contributed by atoms with Crippen molar-refractivity contribution in [1.29, 1.82) is 5.41 Å². The lowest BCUT2D eigenvalue weighted by Gasteiger charge is -2.25. The summed E-state index contributed by atoms with van der Waals surface area (Å²) < 4.78 is 0. The van der Waals surface area contributed by atoms with Gasteiger partial charge in [0.05, 0.1) is 12.0 Å². The molecular weight excluding hydrogens is 238 g/mol. The van der Waals surface area contributed by atoms with Crippen molar-refractivity contribution in [3.8, 4) is 0 Å². The van der Waals surface area contributed by atoms with Gasteiger partial charge in [0, 0.05) is 19.5 Å². The Morgan fingerprint density at radius 2 is 2.29 bits per heavy atom. The Labute approximate surface area is 107 Å². The van der Waals surface area contributed by atoms with Crippen LogP contribution in [-0.2, 0) is 0 Å². The van der Waals surface area contributed by atoms with Gasteiger partial charge in [-0.15, -0.1) is 0 Å². The second-order valence-electron chi connectivity index (χ2n) is 4.31. The largest absolute Gasteiger partial charge is 0.388 e. The van der Waals surface area contributed by atoms with Crippen LogP contribution >= 0.6 is 11.6 Å². The number of anilines is 1. The Morgan fingerprint density at radius 1 is 1.59 bits per heavy atom. The number of nitrogens with two attached hydrogens (primary N) is 1. The lowest BCUT2D eigenvalue weighted by Crippen LogP contribution is -2.32. The van der Waals surface area contributed by atoms with E-state index in [1.165, 1.54) is 6.33 Å². The molecule has 0 fully saturated rings. The van der Waals surface area contributed by atoms with E-state index in [1.807, 2.05) is 4.90 Å². The lowest BCUT2D eigenvalue weighted by molar-refractivity contribution is 0.608. The topological polar surface area (TPSA) is 78.9 Å². The number of hydrogen-bond acceptors (Lipinski definition) is 4. The molecule has 94 valence electrons. The van der Waals surface area contributed by atoms with Crippen LogP contribution in [0.5, 0.6) is 0 Å². The minimum Gasteiger partial charge on any atom is -0.388 e. The summed E-state index contributed by atoms with van der Waals surface area (Å²) in [5, 5.41) is 7.80. The van der Waals surface area contributed by atoms with Crippen LogP contribution in [0.3, 0.4) is 0 Å². The Bertz CT molecular complexity index is 380. The van der Waals surface area contributed by atoms with Gasteiger partial charge in [0.1, 0.15) is 11.3 Å². The van der Waals surface area contributed by atoms with E-state index < -0.39 is 0 Å². The first-order chi connectivity index (χ1) is 8.00. The zero-order valence-electron chi connectivity index (χ0n) is 10.2. The molecule has 0 amide bonds. The van der Waals surface area contributed by atoms with Crippen molar-refractivity contribution in [2.45, 2.75) is 20.3 Å². The van der Waals surface area contributed by atoms with Crippen LogP contribution in [0.15, 0.2) is 12.5 Å². The third-order valence-corrected chi connectivity index (χ3v) is 2.45. The number of halogens is 1. The first-order valence-corrected chi connectivity index (χ1v) is 5.92. The average Bonchev–Trinajstić information content (AvgIpc) is 2.24. The molecule has 1 heterocycles. The van der Waals surface area contributed by atoms with Crippen molar-refractivity contribution in [2.24, 2.45) is 11.7 Å². The second kappa shape index (κ2) is 6.39. The highest BCUT2D eigenvalue weighted by molar-refractivity contribution is 6.32. The molecule has 1 aromatic rings. The molecule has 1 rings (SSSR count). The molecule has 0 saturated heterocycles. The van der Waals surface area contributed by atoms with E-state index in [-0.39, 0.29) is 5.84 Å². The summed E-state index contributed by atoms with van der Waals surface area (Å²) in [5.74, 6) is 1.36. The van der Waals surface area contributed by atoms with Crippen LogP contribution in [0.4, 0.5) is 5.82 Å². The predicted molar refractivity (Wildman–Crippen MR) is 70.6 cm³/mol. The number of hydrogen-bond donors (Lipinski definition) is 2. The summed E-state index contributed by atoms with van der Waals surface area (Å²) in [6.45, 7) is 5.71. The van der Waals surface area contributed by atoms with E-state index in [4.69, 9.17) is 22.7 Å². The Hall–Kier alpha value is -1.36. The van der Waals surface area contributed by atoms with Crippen LogP contribution in [0.2, 0.25) is 5.02 Å². The summed E-state index contributed by atoms with van der Waals surface area (Å²) in [7, 11) is 0. The van der Waals surface area contributed by atoms with E-state index in [0.29, 0.717) is 29.7 Å². The van der Waals surface area contributed by atoms with Gasteiger partial charge < -0.3 is 10.6 Å². The number of aromatic nitrogens is 2. The lowest BCUT2D eigenvalue weighted by atomic mass is 10.2. The maximum atomic E-state index is 7.27. The van der Waals surface area contributed by atoms with Gasteiger partial charge >= 0.3 is 0 Å². The van der Waals surface area contributed by atoms with E-state index in [2.05, 4.69) is 23.8 Å². The van der Waals surface area contributed by atoms with E-state index >= 15 is 0 Å². The van der Waals surface area contributed by atoms with Crippen molar-refractivity contribution >= 4 is 23.3 Å². The fraction of sp³-hybridized carbons (Fsp3) is 0.545. The third kappa shape index (κ3) is 4.56. The Balaban J connectivity index is 2.82. The molecule has 0 atom stereocenters. The minimum atomic E-state index is 0.170. The zero-order valence-corrected chi connectivity index (χ0v) is 10.9. The molecule has 0 radical (unpaired) electrons. The number of rotatable bonds is 6. The number of nitrogens with zero attached hydrogens (tertiary/aromatic N) is 3. The second-order valence-corrected chi connectivity index (χ2v) is 4.72. The highest BCUT2D eigenvalue weighted by atomic mass is 35.5. The van der Waals surface area contributed by atoms with Crippen LogP contribution < -0.4 is 10.6 Å². The normalized spacial score (nSPS) is 10.6. The molecule has 6 heteroatoms. The maximum absolute atomic E-state index is 7.27. The molecule has 0 aliphatic heterocycles. The molecular formula is C11H18ClN5. The fourth-order valence-electron chi connectivity index (χ4n) is 1.52. The van der Waals surface area contributed by atoms with E-state index in [9.17, 15) is 0 Å².